The number of carbonyl (C=O) groups excluding carboxylic acids is 1. The van der Waals surface area contributed by atoms with Crippen molar-refractivity contribution < 1.29 is 9.53 Å². The Morgan fingerprint density at radius 1 is 1.36 bits per heavy atom. The first-order chi connectivity index (χ1) is 6.49. The summed E-state index contributed by atoms with van der Waals surface area (Å²) < 4.78 is 5.17. The van der Waals surface area contributed by atoms with Crippen molar-refractivity contribution >= 4 is 5.97 Å². The Hall–Kier alpha value is -0.610. The molecule has 0 aliphatic carbocycles. The van der Waals surface area contributed by atoms with Crippen molar-refractivity contribution in [3.63, 3.8) is 0 Å². The van der Waals surface area contributed by atoms with Gasteiger partial charge in [-0.05, 0) is 32.2 Å². The first-order valence-electron chi connectivity index (χ1n) is 5.15. The average molecular weight is 202 g/mol. The summed E-state index contributed by atoms with van der Waals surface area (Å²) in [6, 6.07) is -0.528. The van der Waals surface area contributed by atoms with Gasteiger partial charge in [-0.2, -0.15) is 0 Å². The predicted molar refractivity (Wildman–Crippen MR) is 56.7 cm³/mol. The molecule has 0 aromatic rings. The van der Waals surface area contributed by atoms with E-state index < -0.39 is 6.04 Å². The van der Waals surface area contributed by atoms with Gasteiger partial charge in [0, 0.05) is 0 Å². The third kappa shape index (κ3) is 5.19. The van der Waals surface area contributed by atoms with E-state index in [4.69, 9.17) is 16.2 Å². The number of carbonyl (C=O) groups is 1. The second-order valence-electron chi connectivity index (χ2n) is 3.92. The zero-order valence-electron chi connectivity index (χ0n) is 9.32. The molecule has 4 N–H and O–H groups in total. The molecule has 0 saturated carbocycles. The second-order valence-corrected chi connectivity index (χ2v) is 3.92. The van der Waals surface area contributed by atoms with Crippen molar-refractivity contribution in [2.24, 2.45) is 17.4 Å². The largest absolute Gasteiger partial charge is 0.461 e. The summed E-state index contributed by atoms with van der Waals surface area (Å²) in [6.45, 7) is 6.44. The van der Waals surface area contributed by atoms with E-state index >= 15 is 0 Å². The molecule has 0 heterocycles. The van der Waals surface area contributed by atoms with E-state index in [1.54, 1.807) is 0 Å². The van der Waals surface area contributed by atoms with Gasteiger partial charge in [0.1, 0.15) is 12.1 Å². The fourth-order valence-electron chi connectivity index (χ4n) is 0.862. The smallest absolute Gasteiger partial charge is 0.323 e. The Morgan fingerprint density at radius 2 is 1.93 bits per heavy atom. The third-order valence-electron chi connectivity index (χ3n) is 2.26. The van der Waals surface area contributed by atoms with Gasteiger partial charge in [-0.3, -0.25) is 4.79 Å². The van der Waals surface area contributed by atoms with Crippen molar-refractivity contribution in [1.29, 1.82) is 0 Å². The number of ether oxygens (including phenoxy) is 1. The Morgan fingerprint density at radius 3 is 2.36 bits per heavy atom. The molecule has 0 aliphatic rings. The summed E-state index contributed by atoms with van der Waals surface area (Å²) in [5.74, 6) is 0.000286. The zero-order chi connectivity index (χ0) is 11.1. The van der Waals surface area contributed by atoms with E-state index in [9.17, 15) is 4.79 Å². The molecule has 4 nitrogen and oxygen atoms in total. The summed E-state index contributed by atoms with van der Waals surface area (Å²) >= 11 is 0. The first-order valence-corrected chi connectivity index (χ1v) is 5.15. The van der Waals surface area contributed by atoms with Crippen LogP contribution >= 0.6 is 0 Å². The van der Waals surface area contributed by atoms with E-state index in [1.165, 1.54) is 0 Å². The summed E-state index contributed by atoms with van der Waals surface area (Å²) in [5, 5.41) is 0. The molecule has 14 heavy (non-hydrogen) atoms. The lowest BCUT2D eigenvalue weighted by Gasteiger charge is -2.19. The lowest BCUT2D eigenvalue weighted by molar-refractivity contribution is -0.152. The van der Waals surface area contributed by atoms with E-state index in [0.717, 1.165) is 6.42 Å². The van der Waals surface area contributed by atoms with Gasteiger partial charge in [0.2, 0.25) is 0 Å². The number of hydrogen-bond donors (Lipinski definition) is 2. The second kappa shape index (κ2) is 6.79. The van der Waals surface area contributed by atoms with Crippen LogP contribution in [-0.2, 0) is 9.53 Å². The van der Waals surface area contributed by atoms with E-state index in [2.05, 4.69) is 0 Å². The maximum absolute atomic E-state index is 11.4. The maximum atomic E-state index is 11.4. The molecule has 0 bridgehead atoms. The van der Waals surface area contributed by atoms with Crippen molar-refractivity contribution in [1.82, 2.24) is 0 Å². The molecule has 0 aliphatic heterocycles. The molecule has 2 atom stereocenters. The fraction of sp³-hybridized carbons (Fsp3) is 0.900. The molecule has 84 valence electrons. The highest BCUT2D eigenvalue weighted by Gasteiger charge is 2.18. The molecule has 0 aromatic heterocycles. The van der Waals surface area contributed by atoms with Gasteiger partial charge in [0.05, 0.1) is 0 Å². The van der Waals surface area contributed by atoms with Gasteiger partial charge >= 0.3 is 5.97 Å². The standard InChI is InChI=1S/C10H22N2O2/c1-7(2)8(3)14-10(13)9(12)5-4-6-11/h7-9H,4-6,11-12H2,1-3H3/t8-,9-/m0/s1. The molecule has 0 fully saturated rings. The molecular formula is C10H22N2O2. The summed E-state index contributed by atoms with van der Waals surface area (Å²) in [4.78, 5) is 11.4. The minimum atomic E-state index is -0.528. The minimum Gasteiger partial charge on any atom is -0.461 e. The monoisotopic (exact) mass is 202 g/mol. The van der Waals surface area contributed by atoms with Gasteiger partial charge in [-0.15, -0.1) is 0 Å². The van der Waals surface area contributed by atoms with Crippen LogP contribution in [0, 0.1) is 5.92 Å². The van der Waals surface area contributed by atoms with Crippen LogP contribution in [0.15, 0.2) is 0 Å². The molecular weight excluding hydrogens is 180 g/mol. The van der Waals surface area contributed by atoms with E-state index in [1.807, 2.05) is 20.8 Å². The topological polar surface area (TPSA) is 78.3 Å². The Bertz CT molecular complexity index is 172. The van der Waals surface area contributed by atoms with Gasteiger partial charge in [-0.1, -0.05) is 13.8 Å². The van der Waals surface area contributed by atoms with Gasteiger partial charge < -0.3 is 16.2 Å². The van der Waals surface area contributed by atoms with Crippen LogP contribution in [-0.4, -0.2) is 24.7 Å². The highest BCUT2D eigenvalue weighted by Crippen LogP contribution is 2.07. The highest BCUT2D eigenvalue weighted by atomic mass is 16.5. The molecule has 0 rings (SSSR count). The molecule has 0 unspecified atom stereocenters. The normalized spacial score (nSPS) is 15.3. The van der Waals surface area contributed by atoms with Crippen LogP contribution in [0.1, 0.15) is 33.6 Å². The summed E-state index contributed by atoms with van der Waals surface area (Å²) in [6.07, 6.45) is 1.28. The molecule has 0 spiro atoms. The SMILES string of the molecule is CC(C)[C@H](C)OC(=O)[C@@H](N)CCCN. The Kier molecular flexibility index (Phi) is 6.49. The molecule has 4 heteroatoms. The molecule has 0 amide bonds. The quantitative estimate of drug-likeness (QED) is 0.620. The third-order valence-corrected chi connectivity index (χ3v) is 2.26. The van der Waals surface area contributed by atoms with Crippen LogP contribution < -0.4 is 11.5 Å². The first kappa shape index (κ1) is 13.4. The van der Waals surface area contributed by atoms with Crippen molar-refractivity contribution in [3.8, 4) is 0 Å². The number of rotatable bonds is 6. The fourth-order valence-corrected chi connectivity index (χ4v) is 0.862. The molecule has 0 radical (unpaired) electrons. The van der Waals surface area contributed by atoms with Crippen LogP contribution in [0.3, 0.4) is 0 Å². The van der Waals surface area contributed by atoms with Crippen LogP contribution in [0.4, 0.5) is 0 Å². The summed E-state index contributed by atoms with van der Waals surface area (Å²) in [5.41, 5.74) is 10.9. The number of hydrogen-bond acceptors (Lipinski definition) is 4. The van der Waals surface area contributed by atoms with Crippen molar-refractivity contribution in [2.45, 2.75) is 45.8 Å². The van der Waals surface area contributed by atoms with Gasteiger partial charge in [-0.25, -0.2) is 0 Å². The lowest BCUT2D eigenvalue weighted by Crippen LogP contribution is -2.35. The lowest BCUT2D eigenvalue weighted by atomic mass is 10.1. The Labute approximate surface area is 86.0 Å². The van der Waals surface area contributed by atoms with Gasteiger partial charge in [0.25, 0.3) is 0 Å². The van der Waals surface area contributed by atoms with Crippen LogP contribution in [0.5, 0.6) is 0 Å². The minimum absolute atomic E-state index is 0.0774. The zero-order valence-corrected chi connectivity index (χ0v) is 9.32. The van der Waals surface area contributed by atoms with Gasteiger partial charge in [0.15, 0.2) is 0 Å². The van der Waals surface area contributed by atoms with Crippen molar-refractivity contribution in [2.75, 3.05) is 6.54 Å². The molecule has 0 saturated heterocycles. The summed E-state index contributed by atoms with van der Waals surface area (Å²) in [7, 11) is 0. The van der Waals surface area contributed by atoms with E-state index in [0.29, 0.717) is 18.9 Å². The maximum Gasteiger partial charge on any atom is 0.323 e. The van der Waals surface area contributed by atoms with E-state index in [-0.39, 0.29) is 12.1 Å². The molecule has 0 aromatic carbocycles. The number of esters is 1. The predicted octanol–water partition coefficient (Wildman–Crippen LogP) is 0.640. The number of nitrogens with two attached hydrogens (primary N) is 2. The van der Waals surface area contributed by atoms with Crippen LogP contribution in [0.25, 0.3) is 0 Å². The van der Waals surface area contributed by atoms with Crippen molar-refractivity contribution in [3.05, 3.63) is 0 Å². The van der Waals surface area contributed by atoms with Crippen LogP contribution in [0.2, 0.25) is 0 Å². The average Bonchev–Trinajstić information content (AvgIpc) is 2.13. The highest BCUT2D eigenvalue weighted by molar-refractivity contribution is 5.75. The Balaban J connectivity index is 3.82.